The van der Waals surface area contributed by atoms with Crippen molar-refractivity contribution in [2.75, 3.05) is 12.4 Å². The van der Waals surface area contributed by atoms with E-state index in [0.29, 0.717) is 11.3 Å². The van der Waals surface area contributed by atoms with Gasteiger partial charge in [-0.1, -0.05) is 19.1 Å². The number of carbonyl (C=O) groups is 2. The molecule has 8 nitrogen and oxygen atoms in total. The summed E-state index contributed by atoms with van der Waals surface area (Å²) in [5, 5.41) is 3.62. The van der Waals surface area contributed by atoms with E-state index in [4.69, 9.17) is 14.8 Å². The quantitative estimate of drug-likeness (QED) is 0.297. The van der Waals surface area contributed by atoms with Crippen LogP contribution in [0.1, 0.15) is 25.8 Å². The van der Waals surface area contributed by atoms with E-state index >= 15 is 0 Å². The molecule has 0 aliphatic rings. The van der Waals surface area contributed by atoms with Gasteiger partial charge in [0.25, 0.3) is 0 Å². The largest absolute Gasteiger partial charge is 0.440 e. The minimum Gasteiger partial charge on any atom is -0.416 e. The van der Waals surface area contributed by atoms with Crippen molar-refractivity contribution in [2.24, 2.45) is 10.8 Å². The summed E-state index contributed by atoms with van der Waals surface area (Å²) < 4.78 is 23.6. The molecule has 0 bridgehead atoms. The monoisotopic (exact) mass is 373 g/mol. The van der Waals surface area contributed by atoms with Crippen molar-refractivity contribution in [3.63, 3.8) is 0 Å². The third kappa shape index (κ3) is 6.74. The molecule has 0 saturated heterocycles. The Kier molecular flexibility index (Phi) is 8.53. The molecule has 0 saturated carbocycles. The Morgan fingerprint density at radius 1 is 1.38 bits per heavy atom. The molecule has 0 heterocycles. The highest BCUT2D eigenvalue weighted by Crippen LogP contribution is 2.60. The van der Waals surface area contributed by atoms with Crippen LogP contribution < -0.4 is 15.7 Å². The smallest absolute Gasteiger partial charge is 0.416 e. The molecule has 0 radical (unpaired) electrons. The van der Waals surface area contributed by atoms with Gasteiger partial charge in [-0.3, -0.25) is 14.1 Å². The first kappa shape index (κ1) is 20.2. The number of hydrazone groups is 1. The van der Waals surface area contributed by atoms with E-state index in [1.165, 1.54) is 6.21 Å². The third-order valence-corrected chi connectivity index (χ3v) is 6.40. The van der Waals surface area contributed by atoms with Gasteiger partial charge in [-0.2, -0.15) is 5.10 Å². The molecular formula is C14H20N3O5PS. The number of carbonyl (C=O) groups excluding carboxylic acids is 2. The average Bonchev–Trinajstić information content (AvgIpc) is 2.54. The SMILES string of the molecule is CCCSP(=O)(OCC)Oc1ccccc1C=NNC(=O)C(N)=O. The molecule has 1 unspecified atom stereocenters. The lowest BCUT2D eigenvalue weighted by molar-refractivity contribution is -0.137. The Hall–Kier alpha value is -1.83. The van der Waals surface area contributed by atoms with E-state index in [9.17, 15) is 14.2 Å². The first-order chi connectivity index (χ1) is 11.4. The fourth-order valence-corrected chi connectivity index (χ4v) is 4.92. The van der Waals surface area contributed by atoms with Crippen molar-refractivity contribution in [1.82, 2.24) is 5.43 Å². The maximum atomic E-state index is 12.7. The van der Waals surface area contributed by atoms with Gasteiger partial charge >= 0.3 is 18.6 Å². The van der Waals surface area contributed by atoms with Crippen molar-refractivity contribution in [3.05, 3.63) is 29.8 Å². The molecule has 2 amide bonds. The number of hydrogen-bond donors (Lipinski definition) is 2. The van der Waals surface area contributed by atoms with Crippen LogP contribution in [0.15, 0.2) is 29.4 Å². The summed E-state index contributed by atoms with van der Waals surface area (Å²) in [5.41, 5.74) is 7.24. The van der Waals surface area contributed by atoms with Crippen LogP contribution in [0, 0.1) is 0 Å². The summed E-state index contributed by atoms with van der Waals surface area (Å²) in [6.45, 7) is 0.586. The van der Waals surface area contributed by atoms with E-state index in [1.54, 1.807) is 31.2 Å². The van der Waals surface area contributed by atoms with Crippen molar-refractivity contribution in [1.29, 1.82) is 0 Å². The predicted octanol–water partition coefficient (Wildman–Crippen LogP) is 2.29. The standard InChI is InChI=1S/C14H20N3O5PS/c1-3-9-24-23(20,21-4-2)22-12-8-6-5-7-11(12)10-16-17-14(19)13(15)18/h5-8,10H,3-4,9H2,1-2H3,(H2,15,18)(H,17,19). The molecule has 1 atom stereocenters. The molecule has 3 N–H and O–H groups in total. The van der Waals surface area contributed by atoms with Crippen molar-refractivity contribution in [3.8, 4) is 5.75 Å². The summed E-state index contributed by atoms with van der Waals surface area (Å²) in [6, 6.07) is 6.68. The number of nitrogens with zero attached hydrogens (tertiary/aromatic N) is 1. The van der Waals surface area contributed by atoms with Crippen molar-refractivity contribution in [2.45, 2.75) is 20.3 Å². The van der Waals surface area contributed by atoms with Crippen LogP contribution in [-0.4, -0.2) is 30.4 Å². The molecular weight excluding hydrogens is 353 g/mol. The van der Waals surface area contributed by atoms with E-state index in [1.807, 2.05) is 12.3 Å². The predicted molar refractivity (Wildman–Crippen MR) is 94.0 cm³/mol. The topological polar surface area (TPSA) is 120 Å². The Morgan fingerprint density at radius 2 is 2.08 bits per heavy atom. The fourth-order valence-electron chi connectivity index (χ4n) is 1.46. The van der Waals surface area contributed by atoms with Gasteiger partial charge in [0, 0.05) is 11.3 Å². The Balaban J connectivity index is 2.91. The summed E-state index contributed by atoms with van der Waals surface area (Å²) >= 11 is 1.12. The number of benzene rings is 1. The van der Waals surface area contributed by atoms with Gasteiger partial charge in [0.05, 0.1) is 12.8 Å². The zero-order valence-corrected chi connectivity index (χ0v) is 15.1. The molecule has 0 aliphatic heterocycles. The molecule has 1 aromatic rings. The van der Waals surface area contributed by atoms with Gasteiger partial charge in [0.15, 0.2) is 0 Å². The first-order valence-electron chi connectivity index (χ1n) is 7.22. The third-order valence-electron chi connectivity index (χ3n) is 2.46. The Labute approximate surface area is 144 Å². The van der Waals surface area contributed by atoms with Crippen LogP contribution in [0.2, 0.25) is 0 Å². The minimum absolute atomic E-state index is 0.249. The lowest BCUT2D eigenvalue weighted by Crippen LogP contribution is -2.32. The molecule has 1 rings (SSSR count). The molecule has 0 fully saturated rings. The number of nitrogens with one attached hydrogen (secondary N) is 1. The average molecular weight is 373 g/mol. The van der Waals surface area contributed by atoms with Gasteiger partial charge < -0.3 is 10.3 Å². The van der Waals surface area contributed by atoms with Crippen molar-refractivity contribution >= 4 is 36.2 Å². The first-order valence-corrected chi connectivity index (χ1v) is 10.4. The van der Waals surface area contributed by atoms with Crippen LogP contribution in [0.5, 0.6) is 5.75 Å². The van der Waals surface area contributed by atoms with E-state index in [-0.39, 0.29) is 12.4 Å². The van der Waals surface area contributed by atoms with Crippen molar-refractivity contribution < 1.29 is 23.2 Å². The molecule has 0 spiro atoms. The molecule has 0 aromatic heterocycles. The summed E-state index contributed by atoms with van der Waals surface area (Å²) in [7, 11) is 0. The minimum atomic E-state index is -3.36. The van der Waals surface area contributed by atoms with E-state index in [0.717, 1.165) is 17.8 Å². The maximum absolute atomic E-state index is 12.7. The summed E-state index contributed by atoms with van der Waals surface area (Å²) in [5.74, 6) is -1.27. The summed E-state index contributed by atoms with van der Waals surface area (Å²) in [4.78, 5) is 21.7. The zero-order chi connectivity index (χ0) is 18.0. The Bertz CT molecular complexity index is 653. The molecule has 10 heteroatoms. The zero-order valence-electron chi connectivity index (χ0n) is 13.4. The van der Waals surface area contributed by atoms with Gasteiger partial charge in [-0.05, 0) is 36.9 Å². The number of primary amides is 1. The lowest BCUT2D eigenvalue weighted by atomic mass is 10.2. The number of hydrogen-bond acceptors (Lipinski definition) is 7. The van der Waals surface area contributed by atoms with Crippen LogP contribution >= 0.6 is 18.2 Å². The summed E-state index contributed by atoms with van der Waals surface area (Å²) in [6.07, 6.45) is 2.09. The second-order valence-electron chi connectivity index (χ2n) is 4.39. The molecule has 0 aliphatic carbocycles. The van der Waals surface area contributed by atoms with E-state index < -0.39 is 18.6 Å². The normalized spacial score (nSPS) is 13.4. The van der Waals surface area contributed by atoms with Gasteiger partial charge in [-0.25, -0.2) is 9.99 Å². The van der Waals surface area contributed by atoms with Gasteiger partial charge in [0.2, 0.25) is 0 Å². The van der Waals surface area contributed by atoms with Gasteiger partial charge in [0.1, 0.15) is 5.75 Å². The second kappa shape index (κ2) is 10.1. The Morgan fingerprint density at radius 3 is 2.71 bits per heavy atom. The number of nitrogens with two attached hydrogens (primary N) is 1. The maximum Gasteiger partial charge on any atom is 0.440 e. The number of amides is 2. The highest BCUT2D eigenvalue weighted by molar-refractivity contribution is 8.55. The fraction of sp³-hybridized carbons (Fsp3) is 0.357. The molecule has 1 aromatic carbocycles. The lowest BCUT2D eigenvalue weighted by Gasteiger charge is -2.18. The second-order valence-corrected chi connectivity index (χ2v) is 8.51. The highest BCUT2D eigenvalue weighted by Gasteiger charge is 2.27. The van der Waals surface area contributed by atoms with Crippen LogP contribution in [0.4, 0.5) is 0 Å². The number of rotatable bonds is 9. The molecule has 132 valence electrons. The van der Waals surface area contributed by atoms with E-state index in [2.05, 4.69) is 5.10 Å². The van der Waals surface area contributed by atoms with Crippen LogP contribution in [0.25, 0.3) is 0 Å². The number of para-hydroxylation sites is 1. The van der Waals surface area contributed by atoms with Crippen LogP contribution in [0.3, 0.4) is 0 Å². The highest BCUT2D eigenvalue weighted by atomic mass is 32.7. The van der Waals surface area contributed by atoms with Crippen LogP contribution in [-0.2, 0) is 18.7 Å². The molecule has 24 heavy (non-hydrogen) atoms. The van der Waals surface area contributed by atoms with Gasteiger partial charge in [-0.15, -0.1) is 0 Å².